The molecule has 4 nitrogen and oxygen atoms in total. The molecule has 0 fully saturated rings. The highest BCUT2D eigenvalue weighted by molar-refractivity contribution is 14.1. The van der Waals surface area contributed by atoms with Gasteiger partial charge in [-0.05, 0) is 53.8 Å². The second-order valence-electron chi connectivity index (χ2n) is 3.74. The molecule has 0 aliphatic rings. The standard InChI is InChI=1S/C14H13IN2O2/c1-2-19-12-6-4-3-5-11(12)14(18)17-13-8-7-10(15)9-16-13/h3-9H,2H2,1H3,(H,16,17,18). The van der Waals surface area contributed by atoms with Crippen LogP contribution in [0.15, 0.2) is 42.6 Å². The van der Waals surface area contributed by atoms with Crippen molar-refractivity contribution in [2.45, 2.75) is 6.92 Å². The summed E-state index contributed by atoms with van der Waals surface area (Å²) in [7, 11) is 0. The van der Waals surface area contributed by atoms with Gasteiger partial charge in [-0.2, -0.15) is 0 Å². The minimum atomic E-state index is -0.224. The largest absolute Gasteiger partial charge is 0.493 e. The molecule has 0 saturated carbocycles. The average Bonchev–Trinajstić information content (AvgIpc) is 2.42. The van der Waals surface area contributed by atoms with E-state index in [1.807, 2.05) is 19.1 Å². The van der Waals surface area contributed by atoms with E-state index in [1.54, 1.807) is 30.5 Å². The molecule has 0 bridgehead atoms. The summed E-state index contributed by atoms with van der Waals surface area (Å²) in [4.78, 5) is 16.3. The van der Waals surface area contributed by atoms with Crippen LogP contribution < -0.4 is 10.1 Å². The summed E-state index contributed by atoms with van der Waals surface area (Å²) in [6.45, 7) is 2.40. The molecule has 0 spiro atoms. The van der Waals surface area contributed by atoms with Crippen molar-refractivity contribution in [2.24, 2.45) is 0 Å². The fourth-order valence-corrected chi connectivity index (χ4v) is 1.89. The third-order valence-corrected chi connectivity index (χ3v) is 3.04. The van der Waals surface area contributed by atoms with Gasteiger partial charge >= 0.3 is 0 Å². The van der Waals surface area contributed by atoms with Crippen LogP contribution in [-0.2, 0) is 0 Å². The number of carbonyl (C=O) groups is 1. The fourth-order valence-electron chi connectivity index (χ4n) is 1.57. The number of anilines is 1. The van der Waals surface area contributed by atoms with Crippen molar-refractivity contribution in [2.75, 3.05) is 11.9 Å². The molecule has 2 rings (SSSR count). The molecule has 1 aromatic heterocycles. The van der Waals surface area contributed by atoms with Gasteiger partial charge in [0.2, 0.25) is 0 Å². The van der Waals surface area contributed by atoms with E-state index in [2.05, 4.69) is 32.9 Å². The summed E-state index contributed by atoms with van der Waals surface area (Å²) in [5.74, 6) is 0.877. The second-order valence-corrected chi connectivity index (χ2v) is 4.99. The number of hydrogen-bond acceptors (Lipinski definition) is 3. The first-order valence-electron chi connectivity index (χ1n) is 5.85. The monoisotopic (exact) mass is 368 g/mol. The highest BCUT2D eigenvalue weighted by atomic mass is 127. The van der Waals surface area contributed by atoms with Gasteiger partial charge in [0.05, 0.1) is 12.2 Å². The smallest absolute Gasteiger partial charge is 0.260 e. The van der Waals surface area contributed by atoms with Crippen LogP contribution in [0.5, 0.6) is 5.75 Å². The summed E-state index contributed by atoms with van der Waals surface area (Å²) in [5.41, 5.74) is 0.504. The molecule has 5 heteroatoms. The van der Waals surface area contributed by atoms with E-state index in [-0.39, 0.29) is 5.91 Å². The first-order chi connectivity index (χ1) is 9.20. The number of rotatable bonds is 4. The zero-order valence-electron chi connectivity index (χ0n) is 10.4. The molecule has 0 aliphatic heterocycles. The molecule has 98 valence electrons. The normalized spacial score (nSPS) is 10.0. The van der Waals surface area contributed by atoms with Crippen LogP contribution in [0.3, 0.4) is 0 Å². The molecule has 1 amide bonds. The maximum absolute atomic E-state index is 12.2. The lowest BCUT2D eigenvalue weighted by Gasteiger charge is -2.09. The van der Waals surface area contributed by atoms with E-state index in [9.17, 15) is 4.79 Å². The quantitative estimate of drug-likeness (QED) is 0.843. The van der Waals surface area contributed by atoms with Crippen LogP contribution in [0.2, 0.25) is 0 Å². The van der Waals surface area contributed by atoms with Gasteiger partial charge in [-0.3, -0.25) is 4.79 Å². The Morgan fingerprint density at radius 2 is 2.11 bits per heavy atom. The molecule has 1 aromatic carbocycles. The van der Waals surface area contributed by atoms with Crippen molar-refractivity contribution in [3.63, 3.8) is 0 Å². The molecule has 1 N–H and O–H groups in total. The van der Waals surface area contributed by atoms with Crippen molar-refractivity contribution >= 4 is 34.3 Å². The molecule has 0 aliphatic carbocycles. The number of ether oxygens (including phenoxy) is 1. The Bertz CT molecular complexity index is 570. The summed E-state index contributed by atoms with van der Waals surface area (Å²) >= 11 is 2.16. The predicted octanol–water partition coefficient (Wildman–Crippen LogP) is 3.34. The minimum Gasteiger partial charge on any atom is -0.493 e. The molecule has 0 saturated heterocycles. The predicted molar refractivity (Wildman–Crippen MR) is 82.5 cm³/mol. The molecular formula is C14H13IN2O2. The highest BCUT2D eigenvalue weighted by Crippen LogP contribution is 2.19. The Kier molecular flexibility index (Phi) is 4.73. The van der Waals surface area contributed by atoms with Crippen LogP contribution >= 0.6 is 22.6 Å². The summed E-state index contributed by atoms with van der Waals surface area (Å²) in [5, 5.41) is 2.75. The van der Waals surface area contributed by atoms with Crippen molar-refractivity contribution < 1.29 is 9.53 Å². The number of pyridine rings is 1. The summed E-state index contributed by atoms with van der Waals surface area (Å²) < 4.78 is 6.45. The zero-order chi connectivity index (χ0) is 13.7. The number of benzene rings is 1. The lowest BCUT2D eigenvalue weighted by atomic mass is 10.2. The van der Waals surface area contributed by atoms with Crippen LogP contribution in [0.4, 0.5) is 5.82 Å². The lowest BCUT2D eigenvalue weighted by Crippen LogP contribution is -2.14. The van der Waals surface area contributed by atoms with Gasteiger partial charge < -0.3 is 10.1 Å². The number of carbonyl (C=O) groups excluding carboxylic acids is 1. The van der Waals surface area contributed by atoms with Crippen molar-refractivity contribution in [3.05, 3.63) is 51.7 Å². The number of hydrogen-bond donors (Lipinski definition) is 1. The maximum Gasteiger partial charge on any atom is 0.260 e. The zero-order valence-corrected chi connectivity index (χ0v) is 12.5. The summed E-state index contributed by atoms with van der Waals surface area (Å²) in [6.07, 6.45) is 1.70. The Morgan fingerprint density at radius 1 is 1.32 bits per heavy atom. The van der Waals surface area contributed by atoms with Gasteiger partial charge in [0.25, 0.3) is 5.91 Å². The van der Waals surface area contributed by atoms with Gasteiger partial charge in [-0.15, -0.1) is 0 Å². The van der Waals surface area contributed by atoms with Crippen LogP contribution in [0.1, 0.15) is 17.3 Å². The van der Waals surface area contributed by atoms with E-state index in [0.29, 0.717) is 23.7 Å². The maximum atomic E-state index is 12.2. The minimum absolute atomic E-state index is 0.224. The molecular weight excluding hydrogens is 355 g/mol. The number of nitrogens with one attached hydrogen (secondary N) is 1. The Morgan fingerprint density at radius 3 is 2.79 bits per heavy atom. The summed E-state index contributed by atoms with van der Waals surface area (Å²) in [6, 6.07) is 10.8. The number of amides is 1. The van der Waals surface area contributed by atoms with Crippen molar-refractivity contribution in [3.8, 4) is 5.75 Å². The highest BCUT2D eigenvalue weighted by Gasteiger charge is 2.12. The lowest BCUT2D eigenvalue weighted by molar-refractivity contribution is 0.102. The molecule has 1 heterocycles. The van der Waals surface area contributed by atoms with Crippen LogP contribution in [-0.4, -0.2) is 17.5 Å². The SMILES string of the molecule is CCOc1ccccc1C(=O)Nc1ccc(I)cn1. The van der Waals surface area contributed by atoms with E-state index in [0.717, 1.165) is 3.57 Å². The van der Waals surface area contributed by atoms with Crippen molar-refractivity contribution in [1.29, 1.82) is 0 Å². The number of para-hydroxylation sites is 1. The number of nitrogens with zero attached hydrogens (tertiary/aromatic N) is 1. The Labute approximate surface area is 125 Å². The van der Waals surface area contributed by atoms with Crippen LogP contribution in [0.25, 0.3) is 0 Å². The second kappa shape index (κ2) is 6.51. The third-order valence-electron chi connectivity index (χ3n) is 2.40. The number of aromatic nitrogens is 1. The Hall–Kier alpha value is -1.63. The van der Waals surface area contributed by atoms with Gasteiger partial charge in [-0.1, -0.05) is 12.1 Å². The fraction of sp³-hybridized carbons (Fsp3) is 0.143. The van der Waals surface area contributed by atoms with Gasteiger partial charge in [0.15, 0.2) is 0 Å². The Balaban J connectivity index is 2.18. The molecule has 0 radical (unpaired) electrons. The van der Waals surface area contributed by atoms with Gasteiger partial charge in [-0.25, -0.2) is 4.98 Å². The van der Waals surface area contributed by atoms with E-state index in [4.69, 9.17) is 4.74 Å². The molecule has 19 heavy (non-hydrogen) atoms. The van der Waals surface area contributed by atoms with Gasteiger partial charge in [0, 0.05) is 9.77 Å². The first-order valence-corrected chi connectivity index (χ1v) is 6.93. The van der Waals surface area contributed by atoms with E-state index in [1.165, 1.54) is 0 Å². The molecule has 2 aromatic rings. The molecule has 0 unspecified atom stereocenters. The average molecular weight is 368 g/mol. The van der Waals surface area contributed by atoms with E-state index < -0.39 is 0 Å². The topological polar surface area (TPSA) is 51.2 Å². The van der Waals surface area contributed by atoms with E-state index >= 15 is 0 Å². The molecule has 0 atom stereocenters. The first kappa shape index (κ1) is 13.8. The number of halogens is 1. The van der Waals surface area contributed by atoms with Gasteiger partial charge in [0.1, 0.15) is 11.6 Å². The van der Waals surface area contributed by atoms with Crippen LogP contribution in [0, 0.1) is 3.57 Å². The third kappa shape index (κ3) is 3.66. The van der Waals surface area contributed by atoms with Crippen molar-refractivity contribution in [1.82, 2.24) is 4.98 Å².